The van der Waals surface area contributed by atoms with Crippen molar-refractivity contribution in [3.8, 4) is 0 Å². The summed E-state index contributed by atoms with van der Waals surface area (Å²) in [5, 5.41) is 2.56. The molecule has 0 unspecified atom stereocenters. The van der Waals surface area contributed by atoms with Crippen molar-refractivity contribution < 1.29 is 33.4 Å². The lowest BCUT2D eigenvalue weighted by Gasteiger charge is -2.19. The van der Waals surface area contributed by atoms with Gasteiger partial charge in [-0.15, -0.1) is 0 Å². The maximum absolute atomic E-state index is 12.1. The van der Waals surface area contributed by atoms with Gasteiger partial charge in [-0.05, 0) is 45.4 Å². The number of nitrogens with zero attached hydrogens (tertiary/aromatic N) is 1. The smallest absolute Gasteiger partial charge is 0.407 e. The zero-order chi connectivity index (χ0) is 21.5. The van der Waals surface area contributed by atoms with Crippen LogP contribution in [-0.4, -0.2) is 47.8 Å². The van der Waals surface area contributed by atoms with E-state index in [0.717, 1.165) is 10.6 Å². The number of hydrogen-bond donors (Lipinski definition) is 1. The Balaban J connectivity index is 3.28. The molecule has 0 aliphatic heterocycles. The summed E-state index contributed by atoms with van der Waals surface area (Å²) < 4.78 is 15.8. The van der Waals surface area contributed by atoms with Gasteiger partial charge in [0.05, 0.1) is 19.4 Å². The molecule has 0 saturated carbocycles. The number of carbonyl (C=O) groups is 4. The highest BCUT2D eigenvalue weighted by Gasteiger charge is 2.23. The Bertz CT molecular complexity index is 785. The van der Waals surface area contributed by atoms with Crippen LogP contribution in [0, 0.1) is 0 Å². The molecule has 0 aliphatic carbocycles. The number of alkyl carbamates (subject to hydrolysis) is 1. The van der Waals surface area contributed by atoms with E-state index in [1.807, 2.05) is 0 Å². The van der Waals surface area contributed by atoms with Gasteiger partial charge in [0.2, 0.25) is 5.91 Å². The summed E-state index contributed by atoms with van der Waals surface area (Å²) in [6.07, 6.45) is 1.82. The summed E-state index contributed by atoms with van der Waals surface area (Å²) in [6.45, 7) is 8.25. The molecule has 154 valence electrons. The maximum atomic E-state index is 12.1. The third-order valence-electron chi connectivity index (χ3n) is 3.32. The number of esters is 2. The van der Waals surface area contributed by atoms with E-state index >= 15 is 0 Å². The van der Waals surface area contributed by atoms with Gasteiger partial charge in [0, 0.05) is 19.5 Å². The first-order valence-corrected chi connectivity index (χ1v) is 8.65. The third-order valence-corrected chi connectivity index (χ3v) is 3.32. The second kappa shape index (κ2) is 9.72. The van der Waals surface area contributed by atoms with E-state index in [1.165, 1.54) is 26.2 Å². The van der Waals surface area contributed by atoms with E-state index in [1.54, 1.807) is 27.7 Å². The van der Waals surface area contributed by atoms with E-state index in [-0.39, 0.29) is 24.5 Å². The summed E-state index contributed by atoms with van der Waals surface area (Å²) >= 11 is 0. The lowest BCUT2D eigenvalue weighted by atomic mass is 10.2. The molecule has 1 rings (SSSR count). The number of aromatic nitrogens is 1. The molecule has 0 aliphatic rings. The SMILES string of the molecule is CCOC(=O)/C=C/c1c(CNC(=O)OC(C)(C)C)cc(C(=O)OC)n1C(C)=O. The quantitative estimate of drug-likeness (QED) is 0.448. The van der Waals surface area contributed by atoms with Gasteiger partial charge in [0.1, 0.15) is 11.3 Å². The average molecular weight is 394 g/mol. The number of amides is 1. The minimum Gasteiger partial charge on any atom is -0.464 e. The molecular weight excluding hydrogens is 368 g/mol. The molecule has 0 bridgehead atoms. The first kappa shape index (κ1) is 22.9. The van der Waals surface area contributed by atoms with Crippen molar-refractivity contribution in [2.75, 3.05) is 13.7 Å². The molecule has 0 fully saturated rings. The Kier molecular flexibility index (Phi) is 7.97. The van der Waals surface area contributed by atoms with Gasteiger partial charge >= 0.3 is 18.0 Å². The molecule has 0 spiro atoms. The average Bonchev–Trinajstić information content (AvgIpc) is 2.95. The Hall–Kier alpha value is -3.10. The predicted molar refractivity (Wildman–Crippen MR) is 101 cm³/mol. The van der Waals surface area contributed by atoms with Crippen molar-refractivity contribution in [2.45, 2.75) is 46.8 Å². The van der Waals surface area contributed by atoms with Crippen LogP contribution in [0.1, 0.15) is 61.2 Å². The molecule has 1 aromatic rings. The van der Waals surface area contributed by atoms with Crippen LogP contribution in [0.15, 0.2) is 12.1 Å². The fraction of sp³-hybridized carbons (Fsp3) is 0.474. The number of hydrogen-bond acceptors (Lipinski definition) is 7. The lowest BCUT2D eigenvalue weighted by molar-refractivity contribution is -0.137. The van der Waals surface area contributed by atoms with Crippen LogP contribution in [0.4, 0.5) is 4.79 Å². The van der Waals surface area contributed by atoms with Crippen molar-refractivity contribution in [3.05, 3.63) is 29.1 Å². The summed E-state index contributed by atoms with van der Waals surface area (Å²) in [7, 11) is 1.19. The summed E-state index contributed by atoms with van der Waals surface area (Å²) in [6, 6.07) is 1.41. The van der Waals surface area contributed by atoms with E-state index in [4.69, 9.17) is 14.2 Å². The zero-order valence-electron chi connectivity index (χ0n) is 17.0. The lowest BCUT2D eigenvalue weighted by Crippen LogP contribution is -2.32. The van der Waals surface area contributed by atoms with Crippen molar-refractivity contribution in [3.63, 3.8) is 0 Å². The molecule has 28 heavy (non-hydrogen) atoms. The summed E-state index contributed by atoms with van der Waals surface area (Å²) in [5.41, 5.74) is -0.0438. The van der Waals surface area contributed by atoms with Gasteiger partial charge in [0.25, 0.3) is 0 Å². The molecule has 9 nitrogen and oxygen atoms in total. The largest absolute Gasteiger partial charge is 0.464 e. The Morgan fingerprint density at radius 3 is 2.36 bits per heavy atom. The van der Waals surface area contributed by atoms with Gasteiger partial charge in [0.15, 0.2) is 0 Å². The van der Waals surface area contributed by atoms with Gasteiger partial charge in [-0.1, -0.05) is 0 Å². The Labute approximate surface area is 163 Å². The summed E-state index contributed by atoms with van der Waals surface area (Å²) in [4.78, 5) is 47.7. The van der Waals surface area contributed by atoms with Crippen LogP contribution < -0.4 is 5.32 Å². The highest BCUT2D eigenvalue weighted by atomic mass is 16.6. The van der Waals surface area contributed by atoms with Crippen LogP contribution in [-0.2, 0) is 25.5 Å². The van der Waals surface area contributed by atoms with E-state index in [9.17, 15) is 19.2 Å². The van der Waals surface area contributed by atoms with Gasteiger partial charge in [-0.3, -0.25) is 9.36 Å². The van der Waals surface area contributed by atoms with Gasteiger partial charge < -0.3 is 19.5 Å². The topological polar surface area (TPSA) is 113 Å². The van der Waals surface area contributed by atoms with E-state index in [2.05, 4.69) is 5.32 Å². The summed E-state index contributed by atoms with van der Waals surface area (Å²) in [5.74, 6) is -1.80. The van der Waals surface area contributed by atoms with Gasteiger partial charge in [-0.2, -0.15) is 0 Å². The van der Waals surface area contributed by atoms with E-state index < -0.39 is 29.5 Å². The minimum absolute atomic E-state index is 0.0282. The van der Waals surface area contributed by atoms with Crippen LogP contribution in [0.3, 0.4) is 0 Å². The number of rotatable bonds is 6. The standard InChI is InChI=1S/C19H26N2O7/c1-7-27-16(23)9-8-14-13(11-20-18(25)28-19(3,4)5)10-15(17(24)26-6)21(14)12(2)22/h8-10H,7,11H2,1-6H3,(H,20,25)/b9-8+. The molecule has 1 N–H and O–H groups in total. The third kappa shape index (κ3) is 6.57. The van der Waals surface area contributed by atoms with Crippen molar-refractivity contribution in [2.24, 2.45) is 0 Å². The molecule has 0 aromatic carbocycles. The number of ether oxygens (including phenoxy) is 3. The first-order valence-electron chi connectivity index (χ1n) is 8.65. The Morgan fingerprint density at radius 2 is 1.86 bits per heavy atom. The Morgan fingerprint density at radius 1 is 1.21 bits per heavy atom. The zero-order valence-corrected chi connectivity index (χ0v) is 17.0. The molecule has 0 atom stereocenters. The van der Waals surface area contributed by atoms with Crippen LogP contribution in [0.5, 0.6) is 0 Å². The predicted octanol–water partition coefficient (Wildman–Crippen LogP) is 2.54. The molecular formula is C19H26N2O7. The highest BCUT2D eigenvalue weighted by Crippen LogP contribution is 2.20. The van der Waals surface area contributed by atoms with Crippen LogP contribution in [0.2, 0.25) is 0 Å². The van der Waals surface area contributed by atoms with Crippen molar-refractivity contribution >= 4 is 30.0 Å². The highest BCUT2D eigenvalue weighted by molar-refractivity contribution is 5.96. The normalized spacial score (nSPS) is 11.2. The van der Waals surface area contributed by atoms with Crippen molar-refractivity contribution in [1.29, 1.82) is 0 Å². The second-order valence-electron chi connectivity index (χ2n) is 6.73. The van der Waals surface area contributed by atoms with E-state index in [0.29, 0.717) is 5.56 Å². The molecule has 9 heteroatoms. The van der Waals surface area contributed by atoms with Crippen LogP contribution in [0.25, 0.3) is 6.08 Å². The molecule has 1 heterocycles. The minimum atomic E-state index is -0.732. The van der Waals surface area contributed by atoms with Gasteiger partial charge in [-0.25, -0.2) is 14.4 Å². The number of carbonyl (C=O) groups excluding carboxylic acids is 4. The molecule has 1 amide bonds. The maximum Gasteiger partial charge on any atom is 0.407 e. The molecule has 0 saturated heterocycles. The fourth-order valence-corrected chi connectivity index (χ4v) is 2.31. The monoisotopic (exact) mass is 394 g/mol. The number of methoxy groups -OCH3 is 1. The number of nitrogens with one attached hydrogen (secondary N) is 1. The molecule has 0 radical (unpaired) electrons. The first-order chi connectivity index (χ1) is 13.0. The second-order valence-corrected chi connectivity index (χ2v) is 6.73. The molecule has 1 aromatic heterocycles. The van der Waals surface area contributed by atoms with Crippen LogP contribution >= 0.6 is 0 Å². The van der Waals surface area contributed by atoms with Crippen molar-refractivity contribution in [1.82, 2.24) is 9.88 Å². The fourth-order valence-electron chi connectivity index (χ4n) is 2.31.